The molecule has 0 unspecified atom stereocenters. The van der Waals surface area contributed by atoms with Gasteiger partial charge in [0.15, 0.2) is 5.16 Å². The molecule has 0 amide bonds. The molecule has 0 fully saturated rings. The Kier molecular flexibility index (Phi) is 5.28. The lowest BCUT2D eigenvalue weighted by Gasteiger charge is -2.13. The minimum atomic E-state index is -0.184. The number of halogens is 1. The first-order valence-electron chi connectivity index (χ1n) is 9.48. The van der Waals surface area contributed by atoms with Crippen LogP contribution in [-0.2, 0) is 5.75 Å². The van der Waals surface area contributed by atoms with E-state index in [0.29, 0.717) is 44.2 Å². The maximum absolute atomic E-state index is 13.3. The van der Waals surface area contributed by atoms with Gasteiger partial charge in [-0.3, -0.25) is 9.36 Å². The number of para-hydroxylation sites is 2. The molecule has 0 aliphatic carbocycles. The summed E-state index contributed by atoms with van der Waals surface area (Å²) in [5.74, 6) is 1.32. The van der Waals surface area contributed by atoms with Crippen LogP contribution in [0.3, 0.4) is 0 Å². The lowest BCUT2D eigenvalue weighted by Crippen LogP contribution is -2.22. The highest BCUT2D eigenvalue weighted by atomic mass is 35.5. The summed E-state index contributed by atoms with van der Waals surface area (Å²) in [6.07, 6.45) is 0. The predicted octanol–water partition coefficient (Wildman–Crippen LogP) is 5.38. The molecule has 8 heteroatoms. The van der Waals surface area contributed by atoms with Crippen molar-refractivity contribution in [1.29, 1.82) is 0 Å². The van der Waals surface area contributed by atoms with Gasteiger partial charge >= 0.3 is 0 Å². The van der Waals surface area contributed by atoms with Crippen LogP contribution in [-0.4, -0.2) is 19.7 Å². The predicted molar refractivity (Wildman–Crippen MR) is 122 cm³/mol. The van der Waals surface area contributed by atoms with Crippen molar-refractivity contribution in [2.45, 2.75) is 10.9 Å². The molecule has 5 rings (SSSR count). The van der Waals surface area contributed by atoms with Crippen LogP contribution in [0.2, 0.25) is 5.02 Å². The summed E-state index contributed by atoms with van der Waals surface area (Å²) >= 11 is 7.74. The van der Waals surface area contributed by atoms with Crippen molar-refractivity contribution in [3.8, 4) is 17.1 Å². The van der Waals surface area contributed by atoms with Crippen LogP contribution in [0.1, 0.15) is 5.89 Å². The maximum atomic E-state index is 13.3. The second-order valence-corrected chi connectivity index (χ2v) is 8.02. The molecule has 0 saturated carbocycles. The van der Waals surface area contributed by atoms with Crippen LogP contribution in [0, 0.1) is 0 Å². The first-order chi connectivity index (χ1) is 15.2. The second kappa shape index (κ2) is 8.37. The van der Waals surface area contributed by atoms with Gasteiger partial charge in [-0.2, -0.15) is 4.98 Å². The Morgan fingerprint density at radius 3 is 2.48 bits per heavy atom. The van der Waals surface area contributed by atoms with E-state index in [1.54, 1.807) is 18.2 Å². The summed E-state index contributed by atoms with van der Waals surface area (Å²) in [6, 6.07) is 24.1. The topological polar surface area (TPSA) is 73.8 Å². The molecule has 31 heavy (non-hydrogen) atoms. The zero-order chi connectivity index (χ0) is 21.2. The van der Waals surface area contributed by atoms with E-state index >= 15 is 0 Å². The number of hydrogen-bond donors (Lipinski definition) is 0. The van der Waals surface area contributed by atoms with Crippen LogP contribution in [0.15, 0.2) is 93.3 Å². The molecule has 0 bridgehead atoms. The van der Waals surface area contributed by atoms with Crippen LogP contribution in [0.5, 0.6) is 0 Å². The molecule has 152 valence electrons. The lowest BCUT2D eigenvalue weighted by atomic mass is 10.2. The molecule has 0 atom stereocenters. The highest BCUT2D eigenvalue weighted by molar-refractivity contribution is 7.98. The fraction of sp³-hybridized carbons (Fsp3) is 0.0435. The minimum Gasteiger partial charge on any atom is -0.338 e. The second-order valence-electron chi connectivity index (χ2n) is 6.67. The molecule has 0 radical (unpaired) electrons. The zero-order valence-corrected chi connectivity index (χ0v) is 17.7. The van der Waals surface area contributed by atoms with E-state index in [9.17, 15) is 4.79 Å². The van der Waals surface area contributed by atoms with E-state index < -0.39 is 0 Å². The third-order valence-corrected chi connectivity index (χ3v) is 5.91. The smallest absolute Gasteiger partial charge is 0.266 e. The van der Waals surface area contributed by atoms with Crippen LogP contribution < -0.4 is 5.56 Å². The average Bonchev–Trinajstić information content (AvgIpc) is 3.28. The van der Waals surface area contributed by atoms with Gasteiger partial charge in [0.25, 0.3) is 5.56 Å². The van der Waals surface area contributed by atoms with Crippen LogP contribution in [0.25, 0.3) is 28.0 Å². The molecular formula is C23H15ClN4O2S. The van der Waals surface area contributed by atoms with E-state index in [2.05, 4.69) is 10.1 Å². The van der Waals surface area contributed by atoms with Crippen LogP contribution in [0.4, 0.5) is 0 Å². The number of aromatic nitrogens is 4. The van der Waals surface area contributed by atoms with Crippen molar-refractivity contribution in [3.05, 3.63) is 100 Å². The summed E-state index contributed by atoms with van der Waals surface area (Å²) in [7, 11) is 0. The zero-order valence-electron chi connectivity index (χ0n) is 16.1. The summed E-state index contributed by atoms with van der Waals surface area (Å²) in [4.78, 5) is 22.5. The van der Waals surface area contributed by atoms with E-state index in [4.69, 9.17) is 21.1 Å². The van der Waals surface area contributed by atoms with Gasteiger partial charge in [-0.1, -0.05) is 83.1 Å². The molecule has 0 saturated heterocycles. The van der Waals surface area contributed by atoms with Crippen molar-refractivity contribution in [1.82, 2.24) is 19.7 Å². The normalized spacial score (nSPS) is 11.1. The quantitative estimate of drug-likeness (QED) is 0.266. The standard InChI is InChI=1S/C23H15ClN4O2S/c24-17-11-5-7-13-19(17)28-22(29)16-10-4-6-12-18(16)25-23(28)31-14-20-26-21(27-30-20)15-8-2-1-3-9-15/h1-13H,14H2. The number of thioether (sulfide) groups is 1. The summed E-state index contributed by atoms with van der Waals surface area (Å²) < 4.78 is 6.94. The van der Waals surface area contributed by atoms with Gasteiger partial charge in [0.2, 0.25) is 11.7 Å². The number of nitrogens with zero attached hydrogens (tertiary/aromatic N) is 4. The lowest BCUT2D eigenvalue weighted by molar-refractivity contribution is 0.391. The van der Waals surface area contributed by atoms with Gasteiger partial charge in [0.05, 0.1) is 27.4 Å². The fourth-order valence-corrected chi connectivity index (χ4v) is 4.26. The molecule has 0 aliphatic heterocycles. The van der Waals surface area contributed by atoms with Crippen molar-refractivity contribution >= 4 is 34.3 Å². The number of hydrogen-bond acceptors (Lipinski definition) is 6. The Morgan fingerprint density at radius 1 is 0.903 bits per heavy atom. The van der Waals surface area contributed by atoms with Crippen molar-refractivity contribution in [3.63, 3.8) is 0 Å². The van der Waals surface area contributed by atoms with Crippen molar-refractivity contribution in [2.24, 2.45) is 0 Å². The fourth-order valence-electron chi connectivity index (χ4n) is 3.20. The Balaban J connectivity index is 1.54. The third kappa shape index (κ3) is 3.85. The summed E-state index contributed by atoms with van der Waals surface area (Å²) in [5.41, 5.74) is 1.88. The molecule has 5 aromatic rings. The molecule has 2 aromatic heterocycles. The van der Waals surface area contributed by atoms with Gasteiger partial charge in [-0.05, 0) is 24.3 Å². The first kappa shape index (κ1) is 19.5. The molecule has 3 aromatic carbocycles. The SMILES string of the molecule is O=c1c2ccccc2nc(SCc2nc(-c3ccccc3)no2)n1-c1ccccc1Cl. The van der Waals surface area contributed by atoms with E-state index in [1.165, 1.54) is 16.3 Å². The Hall–Kier alpha value is -3.42. The molecule has 0 aliphatic rings. The number of benzene rings is 3. The highest BCUT2D eigenvalue weighted by Crippen LogP contribution is 2.28. The first-order valence-corrected chi connectivity index (χ1v) is 10.8. The number of fused-ring (bicyclic) bond motifs is 1. The van der Waals surface area contributed by atoms with E-state index in [1.807, 2.05) is 60.7 Å². The van der Waals surface area contributed by atoms with Gasteiger partial charge in [0, 0.05) is 5.56 Å². The highest BCUT2D eigenvalue weighted by Gasteiger charge is 2.17. The molecule has 6 nitrogen and oxygen atoms in total. The van der Waals surface area contributed by atoms with Crippen molar-refractivity contribution < 1.29 is 4.52 Å². The summed E-state index contributed by atoms with van der Waals surface area (Å²) in [5, 5.41) is 5.54. The van der Waals surface area contributed by atoms with E-state index in [-0.39, 0.29) is 5.56 Å². The summed E-state index contributed by atoms with van der Waals surface area (Å²) in [6.45, 7) is 0. The molecule has 2 heterocycles. The van der Waals surface area contributed by atoms with E-state index in [0.717, 1.165) is 5.56 Å². The average molecular weight is 447 g/mol. The largest absolute Gasteiger partial charge is 0.338 e. The Labute approximate surface area is 186 Å². The van der Waals surface area contributed by atoms with Crippen molar-refractivity contribution in [2.75, 3.05) is 0 Å². The van der Waals surface area contributed by atoms with Gasteiger partial charge < -0.3 is 4.52 Å². The Morgan fingerprint density at radius 2 is 1.65 bits per heavy atom. The Bertz CT molecular complexity index is 1430. The maximum Gasteiger partial charge on any atom is 0.266 e. The van der Waals surface area contributed by atoms with Gasteiger partial charge in [-0.25, -0.2) is 4.98 Å². The number of rotatable bonds is 5. The monoisotopic (exact) mass is 446 g/mol. The third-order valence-electron chi connectivity index (χ3n) is 4.66. The van der Waals surface area contributed by atoms with Gasteiger partial charge in [0.1, 0.15) is 0 Å². The molecule has 0 N–H and O–H groups in total. The van der Waals surface area contributed by atoms with Gasteiger partial charge in [-0.15, -0.1) is 0 Å². The van der Waals surface area contributed by atoms with Crippen LogP contribution >= 0.6 is 23.4 Å². The molecule has 0 spiro atoms. The minimum absolute atomic E-state index is 0.184. The molecular weight excluding hydrogens is 432 g/mol.